The van der Waals surface area contributed by atoms with Crippen molar-refractivity contribution in [2.45, 2.75) is 0 Å². The fraction of sp³-hybridized carbons (Fsp3) is 0. The lowest BCUT2D eigenvalue weighted by Gasteiger charge is -2.06. The Morgan fingerprint density at radius 3 is 2.48 bits per heavy atom. The summed E-state index contributed by atoms with van der Waals surface area (Å²) in [6.45, 7) is 0. The summed E-state index contributed by atoms with van der Waals surface area (Å²) in [7, 11) is 0. The zero-order valence-electron chi connectivity index (χ0n) is 11.2. The molecule has 0 bridgehead atoms. The third-order valence-corrected chi connectivity index (χ3v) is 3.64. The summed E-state index contributed by atoms with van der Waals surface area (Å²) in [6.07, 6.45) is 1.80. The van der Waals surface area contributed by atoms with Gasteiger partial charge in [-0.15, -0.1) is 0 Å². The Morgan fingerprint density at radius 1 is 0.857 bits per heavy atom. The molecular weight excluding hydrogens is 260 g/mol. The van der Waals surface area contributed by atoms with E-state index < -0.39 is 0 Å². The van der Waals surface area contributed by atoms with Gasteiger partial charge in [-0.3, -0.25) is 9.78 Å². The number of aromatic nitrogens is 2. The van der Waals surface area contributed by atoms with E-state index in [1.165, 1.54) is 0 Å². The van der Waals surface area contributed by atoms with E-state index >= 15 is 0 Å². The molecule has 0 atom stereocenters. The highest BCUT2D eigenvalue weighted by molar-refractivity contribution is 6.09. The van der Waals surface area contributed by atoms with E-state index in [0.717, 1.165) is 16.6 Å². The van der Waals surface area contributed by atoms with Gasteiger partial charge in [-0.05, 0) is 24.3 Å². The van der Waals surface area contributed by atoms with Crippen molar-refractivity contribution in [3.8, 4) is 0 Å². The Hall–Kier alpha value is -2.94. The number of benzene rings is 2. The van der Waals surface area contributed by atoms with Crippen molar-refractivity contribution in [1.82, 2.24) is 9.38 Å². The van der Waals surface area contributed by atoms with Crippen LogP contribution in [0.2, 0.25) is 0 Å². The summed E-state index contributed by atoms with van der Waals surface area (Å²) in [6, 6.07) is 21.0. The van der Waals surface area contributed by atoms with Crippen LogP contribution in [0.15, 0.2) is 72.9 Å². The first-order valence-corrected chi connectivity index (χ1v) is 6.79. The molecule has 0 saturated carbocycles. The van der Waals surface area contributed by atoms with Crippen molar-refractivity contribution in [1.29, 1.82) is 0 Å². The molecule has 2 aromatic carbocycles. The molecule has 0 fully saturated rings. The molecule has 0 N–H and O–H groups in total. The van der Waals surface area contributed by atoms with E-state index in [2.05, 4.69) is 4.98 Å². The summed E-state index contributed by atoms with van der Waals surface area (Å²) in [5.74, 6) is 0.0203. The third kappa shape index (κ3) is 1.82. The monoisotopic (exact) mass is 272 g/mol. The Kier molecular flexibility index (Phi) is 2.57. The zero-order valence-corrected chi connectivity index (χ0v) is 11.2. The number of hydrogen-bond acceptors (Lipinski definition) is 2. The van der Waals surface area contributed by atoms with Gasteiger partial charge in [0, 0.05) is 5.56 Å². The Morgan fingerprint density at radius 2 is 1.62 bits per heavy atom. The second-order valence-electron chi connectivity index (χ2n) is 4.92. The average molecular weight is 272 g/mol. The van der Waals surface area contributed by atoms with Crippen LogP contribution >= 0.6 is 0 Å². The number of para-hydroxylation sites is 2. The van der Waals surface area contributed by atoms with Crippen LogP contribution in [0.5, 0.6) is 0 Å². The maximum atomic E-state index is 12.7. The fourth-order valence-electron chi connectivity index (χ4n) is 2.63. The van der Waals surface area contributed by atoms with Gasteiger partial charge in [-0.1, -0.05) is 42.5 Å². The average Bonchev–Trinajstić information content (AvgIpc) is 2.99. The van der Waals surface area contributed by atoms with E-state index in [-0.39, 0.29) is 5.78 Å². The van der Waals surface area contributed by atoms with Gasteiger partial charge >= 0.3 is 0 Å². The molecule has 0 radical (unpaired) electrons. The summed E-state index contributed by atoms with van der Waals surface area (Å²) in [4.78, 5) is 17.1. The summed E-state index contributed by atoms with van der Waals surface area (Å²) >= 11 is 0. The predicted octanol–water partition coefficient (Wildman–Crippen LogP) is 3.72. The van der Waals surface area contributed by atoms with E-state index in [9.17, 15) is 4.79 Å². The number of rotatable bonds is 2. The predicted molar refractivity (Wildman–Crippen MR) is 82.6 cm³/mol. The van der Waals surface area contributed by atoms with Gasteiger partial charge in [0.2, 0.25) is 5.78 Å². The smallest absolute Gasteiger partial charge is 0.209 e. The van der Waals surface area contributed by atoms with Gasteiger partial charge in [-0.25, -0.2) is 0 Å². The van der Waals surface area contributed by atoms with E-state index in [1.54, 1.807) is 6.20 Å². The first-order chi connectivity index (χ1) is 10.3. The molecule has 0 aliphatic carbocycles. The molecule has 4 rings (SSSR count). The van der Waals surface area contributed by atoms with Crippen molar-refractivity contribution >= 4 is 22.3 Å². The zero-order chi connectivity index (χ0) is 14.2. The first kappa shape index (κ1) is 11.9. The molecule has 0 aliphatic heterocycles. The number of nitrogens with zero attached hydrogens (tertiary/aromatic N) is 2. The van der Waals surface area contributed by atoms with Crippen molar-refractivity contribution in [3.63, 3.8) is 0 Å². The van der Waals surface area contributed by atoms with Crippen LogP contribution in [-0.2, 0) is 0 Å². The molecule has 0 aliphatic rings. The minimum absolute atomic E-state index is 0.0203. The van der Waals surface area contributed by atoms with Crippen molar-refractivity contribution in [3.05, 3.63) is 84.2 Å². The molecule has 2 aromatic heterocycles. The largest absolute Gasteiger partial charge is 0.303 e. The van der Waals surface area contributed by atoms with Crippen LogP contribution < -0.4 is 0 Å². The maximum Gasteiger partial charge on any atom is 0.209 e. The van der Waals surface area contributed by atoms with Crippen molar-refractivity contribution in [2.75, 3.05) is 0 Å². The molecule has 2 heterocycles. The van der Waals surface area contributed by atoms with Gasteiger partial charge in [-0.2, -0.15) is 0 Å². The number of fused-ring (bicyclic) bond motifs is 3. The molecule has 0 amide bonds. The van der Waals surface area contributed by atoms with Gasteiger partial charge in [0.25, 0.3) is 0 Å². The summed E-state index contributed by atoms with van der Waals surface area (Å²) in [5, 5.41) is 0. The highest BCUT2D eigenvalue weighted by atomic mass is 16.1. The lowest BCUT2D eigenvalue weighted by atomic mass is 10.1. The SMILES string of the molecule is O=C(c1ccccc1)c1ccc2cnc3ccccc3n12. The lowest BCUT2D eigenvalue weighted by molar-refractivity contribution is 0.103. The van der Waals surface area contributed by atoms with Crippen LogP contribution in [-0.4, -0.2) is 15.2 Å². The van der Waals surface area contributed by atoms with Crippen LogP contribution in [0.1, 0.15) is 16.1 Å². The molecule has 0 unspecified atom stereocenters. The number of hydrogen-bond donors (Lipinski definition) is 0. The van der Waals surface area contributed by atoms with Crippen molar-refractivity contribution in [2.24, 2.45) is 0 Å². The first-order valence-electron chi connectivity index (χ1n) is 6.79. The second-order valence-corrected chi connectivity index (χ2v) is 4.92. The standard InChI is InChI=1S/C18H12N2O/c21-18(13-6-2-1-3-7-13)17-11-10-14-12-19-15-8-4-5-9-16(15)20(14)17/h1-12H. The lowest BCUT2D eigenvalue weighted by Crippen LogP contribution is -2.06. The molecule has 100 valence electrons. The van der Waals surface area contributed by atoms with Gasteiger partial charge < -0.3 is 4.40 Å². The number of carbonyl (C=O) groups excluding carboxylic acids is 1. The topological polar surface area (TPSA) is 34.4 Å². The second kappa shape index (κ2) is 4.56. The van der Waals surface area contributed by atoms with Gasteiger partial charge in [0.05, 0.1) is 28.4 Å². The van der Waals surface area contributed by atoms with Crippen LogP contribution in [0.25, 0.3) is 16.6 Å². The maximum absolute atomic E-state index is 12.7. The molecule has 0 saturated heterocycles. The van der Waals surface area contributed by atoms with Gasteiger partial charge in [0.1, 0.15) is 0 Å². The highest BCUT2D eigenvalue weighted by Crippen LogP contribution is 2.20. The molecule has 3 heteroatoms. The van der Waals surface area contributed by atoms with Crippen molar-refractivity contribution < 1.29 is 4.79 Å². The number of carbonyl (C=O) groups is 1. The summed E-state index contributed by atoms with van der Waals surface area (Å²) in [5.41, 5.74) is 4.10. The molecule has 4 aromatic rings. The molecule has 21 heavy (non-hydrogen) atoms. The van der Waals surface area contributed by atoms with E-state index in [0.29, 0.717) is 11.3 Å². The normalized spacial score (nSPS) is 11.0. The summed E-state index contributed by atoms with van der Waals surface area (Å²) < 4.78 is 1.97. The number of ketones is 1. The molecule has 0 spiro atoms. The molecular formula is C18H12N2O. The molecule has 3 nitrogen and oxygen atoms in total. The van der Waals surface area contributed by atoms with Crippen LogP contribution in [0.3, 0.4) is 0 Å². The van der Waals surface area contributed by atoms with E-state index in [4.69, 9.17) is 0 Å². The van der Waals surface area contributed by atoms with Crippen LogP contribution in [0, 0.1) is 0 Å². The Balaban J connectivity index is 2.02. The minimum atomic E-state index is 0.0203. The quantitative estimate of drug-likeness (QED) is 0.521. The Bertz CT molecular complexity index is 955. The highest BCUT2D eigenvalue weighted by Gasteiger charge is 2.14. The Labute approximate surface area is 121 Å². The van der Waals surface area contributed by atoms with E-state index in [1.807, 2.05) is 71.1 Å². The third-order valence-electron chi connectivity index (χ3n) is 3.64. The minimum Gasteiger partial charge on any atom is -0.303 e. The van der Waals surface area contributed by atoms with Gasteiger partial charge in [0.15, 0.2) is 0 Å². The fourth-order valence-corrected chi connectivity index (χ4v) is 2.63. The van der Waals surface area contributed by atoms with Crippen LogP contribution in [0.4, 0.5) is 0 Å².